The van der Waals surface area contributed by atoms with Gasteiger partial charge in [0.05, 0.1) is 0 Å². The first-order chi connectivity index (χ1) is 41.2. The third-order valence-corrected chi connectivity index (χ3v) is 20.0. The zero-order valence-corrected chi connectivity index (χ0v) is 45.8. The molecule has 8 aliphatic rings. The summed E-state index contributed by atoms with van der Waals surface area (Å²) >= 11 is 0. The fourth-order valence-corrected chi connectivity index (χ4v) is 17.0. The molecule has 0 spiro atoms. The third kappa shape index (κ3) is 6.58. The van der Waals surface area contributed by atoms with Crippen molar-refractivity contribution in [3.63, 3.8) is 0 Å². The van der Waals surface area contributed by atoms with Gasteiger partial charge in [0.1, 0.15) is 11.2 Å². The molecule has 4 fully saturated rings. The summed E-state index contributed by atoms with van der Waals surface area (Å²) in [5.74, 6) is 1.70. The van der Waals surface area contributed by atoms with Crippen LogP contribution in [0.4, 0.5) is 73.9 Å². The quantitative estimate of drug-likeness (QED) is 0.154. The summed E-state index contributed by atoms with van der Waals surface area (Å²) in [6, 6.07) is 94.7. The van der Waals surface area contributed by atoms with Gasteiger partial charge in [-0.05, 0) is 179 Å². The Labute approximate surface area is 484 Å². The topological polar surface area (TPSA) is 29.3 Å². The summed E-state index contributed by atoms with van der Waals surface area (Å²) in [5.41, 5.74) is 27.4. The van der Waals surface area contributed by atoms with Crippen LogP contribution in [0, 0.1) is 11.8 Å². The molecular weight excluding hydrogens is 1010 g/mol. The molecule has 2 saturated heterocycles. The Balaban J connectivity index is 0.920. The molecular formula is C75H55B2N5O. The number of hydrogen-bond acceptors (Lipinski definition) is 6. The van der Waals surface area contributed by atoms with Gasteiger partial charge in [-0.3, -0.25) is 0 Å². The molecule has 0 N–H and O–H groups in total. The van der Waals surface area contributed by atoms with Crippen molar-refractivity contribution in [3.05, 3.63) is 249 Å². The van der Waals surface area contributed by atoms with Crippen LogP contribution in [0.2, 0.25) is 0 Å². The molecule has 11 aromatic carbocycles. The molecule has 8 heteroatoms. The van der Waals surface area contributed by atoms with Gasteiger partial charge < -0.3 is 28.9 Å². The third-order valence-electron chi connectivity index (χ3n) is 20.0. The minimum Gasteiger partial charge on any atom is -0.455 e. The van der Waals surface area contributed by atoms with Crippen LogP contribution >= 0.6 is 0 Å². The molecule has 4 bridgehead atoms. The molecule has 392 valence electrons. The maximum Gasteiger partial charge on any atom is 0.252 e. The van der Waals surface area contributed by atoms with Gasteiger partial charge in [-0.1, -0.05) is 152 Å². The van der Waals surface area contributed by atoms with Crippen molar-refractivity contribution in [1.82, 2.24) is 0 Å². The van der Waals surface area contributed by atoms with E-state index in [1.165, 1.54) is 110 Å². The van der Waals surface area contributed by atoms with E-state index in [2.05, 4.69) is 273 Å². The van der Waals surface area contributed by atoms with E-state index in [0.717, 1.165) is 73.3 Å². The zero-order chi connectivity index (χ0) is 54.0. The number of piperidine rings is 2. The van der Waals surface area contributed by atoms with Crippen LogP contribution < -0.4 is 57.3 Å². The molecule has 0 amide bonds. The number of para-hydroxylation sites is 8. The van der Waals surface area contributed by atoms with Gasteiger partial charge in [-0.25, -0.2) is 0 Å². The van der Waals surface area contributed by atoms with Crippen molar-refractivity contribution in [2.24, 2.45) is 11.8 Å². The summed E-state index contributed by atoms with van der Waals surface area (Å²) in [5, 5.41) is 2.24. The summed E-state index contributed by atoms with van der Waals surface area (Å²) in [6.07, 6.45) is 6.61. The molecule has 6 nitrogen and oxygen atoms in total. The van der Waals surface area contributed by atoms with Crippen molar-refractivity contribution in [1.29, 1.82) is 0 Å². The van der Waals surface area contributed by atoms with Crippen molar-refractivity contribution < 1.29 is 4.42 Å². The average molecular weight is 1060 g/mol. The Morgan fingerprint density at radius 1 is 0.313 bits per heavy atom. The second-order valence-electron chi connectivity index (χ2n) is 24.4. The number of fused-ring (bicyclic) bond motifs is 11. The minimum absolute atomic E-state index is 0.0589. The molecule has 1 aromatic heterocycles. The van der Waals surface area contributed by atoms with Gasteiger partial charge in [-0.15, -0.1) is 0 Å². The van der Waals surface area contributed by atoms with E-state index < -0.39 is 0 Å². The van der Waals surface area contributed by atoms with Crippen LogP contribution in [-0.4, -0.2) is 25.5 Å². The normalized spacial score (nSPS) is 19.2. The fourth-order valence-electron chi connectivity index (χ4n) is 17.0. The molecule has 6 aliphatic heterocycles. The van der Waals surface area contributed by atoms with E-state index >= 15 is 0 Å². The van der Waals surface area contributed by atoms with Gasteiger partial charge in [0.25, 0.3) is 13.4 Å². The molecule has 12 aromatic rings. The molecule has 2 aliphatic carbocycles. The predicted octanol–water partition coefficient (Wildman–Crippen LogP) is 15.2. The summed E-state index contributed by atoms with van der Waals surface area (Å²) in [7, 11) is 0. The number of benzene rings is 11. The van der Waals surface area contributed by atoms with Crippen LogP contribution in [0.25, 0.3) is 33.1 Å². The Morgan fingerprint density at radius 3 is 1.24 bits per heavy atom. The number of furan rings is 1. The number of rotatable bonds is 6. The van der Waals surface area contributed by atoms with E-state index in [-0.39, 0.29) is 13.4 Å². The maximum atomic E-state index is 6.90. The molecule has 0 unspecified atom stereocenters. The summed E-state index contributed by atoms with van der Waals surface area (Å²) < 4.78 is 6.90. The minimum atomic E-state index is -0.106. The molecule has 0 atom stereocenters. The SMILES string of the molecule is c1ccc(N2c3ccccc3B3c4cc5c(cc4N(c4ccccc4)c4cc(-c6cccc7c6oc6ccccc67)cc2c43)N(c2ccccc2)c2cc(N3C4CC6CC(C4)CC3C6)cc3c2B5c2ccccc2N3c2ccccc2)cc1. The molecule has 0 radical (unpaired) electrons. The van der Waals surface area contributed by atoms with E-state index in [4.69, 9.17) is 4.42 Å². The van der Waals surface area contributed by atoms with Gasteiger partial charge in [0.15, 0.2) is 0 Å². The smallest absolute Gasteiger partial charge is 0.252 e. The van der Waals surface area contributed by atoms with E-state index in [0.29, 0.717) is 12.1 Å². The van der Waals surface area contributed by atoms with Crippen molar-refractivity contribution >= 4 is 142 Å². The lowest BCUT2D eigenvalue weighted by atomic mass is 9.30. The Morgan fingerprint density at radius 2 is 0.735 bits per heavy atom. The van der Waals surface area contributed by atoms with E-state index in [9.17, 15) is 0 Å². The number of hydrogen-bond donors (Lipinski definition) is 0. The lowest BCUT2D eigenvalue weighted by Gasteiger charge is -2.58. The zero-order valence-electron chi connectivity index (χ0n) is 45.8. The molecule has 7 heterocycles. The predicted molar refractivity (Wildman–Crippen MR) is 347 cm³/mol. The first-order valence-electron chi connectivity index (χ1n) is 30.0. The van der Waals surface area contributed by atoms with Crippen molar-refractivity contribution in [2.45, 2.75) is 44.2 Å². The van der Waals surface area contributed by atoms with Crippen LogP contribution in [-0.2, 0) is 0 Å². The van der Waals surface area contributed by atoms with Crippen LogP contribution in [0.5, 0.6) is 0 Å². The lowest BCUT2D eigenvalue weighted by molar-refractivity contribution is 0.0900. The lowest BCUT2D eigenvalue weighted by Crippen LogP contribution is -2.65. The fraction of sp³-hybridized carbons (Fsp3) is 0.120. The van der Waals surface area contributed by atoms with Gasteiger partial charge in [0.2, 0.25) is 0 Å². The largest absolute Gasteiger partial charge is 0.455 e. The average Bonchev–Trinajstić information content (AvgIpc) is 1.37. The van der Waals surface area contributed by atoms with Gasteiger partial charge in [-0.2, -0.15) is 0 Å². The first-order valence-corrected chi connectivity index (χ1v) is 30.0. The first kappa shape index (κ1) is 46.0. The van der Waals surface area contributed by atoms with Crippen LogP contribution in [0.3, 0.4) is 0 Å². The highest BCUT2D eigenvalue weighted by atomic mass is 16.3. The Hall–Kier alpha value is -9.65. The number of nitrogens with zero attached hydrogens (tertiary/aromatic N) is 5. The highest BCUT2D eigenvalue weighted by Gasteiger charge is 2.51. The Kier molecular flexibility index (Phi) is 9.66. The van der Waals surface area contributed by atoms with E-state index in [1.807, 2.05) is 0 Å². The Bertz CT molecular complexity index is 4620. The molecule has 83 heavy (non-hydrogen) atoms. The number of anilines is 13. The maximum absolute atomic E-state index is 6.90. The highest BCUT2D eigenvalue weighted by Crippen LogP contribution is 2.55. The van der Waals surface area contributed by atoms with Gasteiger partial charge >= 0.3 is 0 Å². The van der Waals surface area contributed by atoms with Crippen molar-refractivity contribution in [2.75, 3.05) is 24.5 Å². The van der Waals surface area contributed by atoms with E-state index in [1.54, 1.807) is 0 Å². The van der Waals surface area contributed by atoms with Crippen LogP contribution in [0.15, 0.2) is 253 Å². The molecule has 20 rings (SSSR count). The highest BCUT2D eigenvalue weighted by molar-refractivity contribution is 7.03. The van der Waals surface area contributed by atoms with Crippen LogP contribution in [0.1, 0.15) is 32.1 Å². The second kappa shape index (κ2) is 17.4. The standard InChI is InChI=1S/C75H55B2N5O/c1-5-20-50(21-6-1)79-64-33-16-14-31-60(64)76-62-45-63-67(46-66(62)81(52-24-9-3-10-25-52)69-42-49(41-68(79)73(69)76)57-29-19-30-59-58-28-13-18-35-72(58)83-75(57)59)82(53-26-11-4-12-27-53)71-44-56(78-54-37-47-36-48(39-54)40-55(78)38-47)43-70-74(71)77(63)61-32-15-17-34-65(61)80(70)51-22-7-2-8-23-51/h1-35,41-48,54-55H,36-40H2. The molecule has 2 saturated carbocycles. The summed E-state index contributed by atoms with van der Waals surface area (Å²) in [6.45, 7) is -0.165. The van der Waals surface area contributed by atoms with Gasteiger partial charge in [0, 0.05) is 102 Å². The summed E-state index contributed by atoms with van der Waals surface area (Å²) in [4.78, 5) is 13.3. The van der Waals surface area contributed by atoms with Crippen molar-refractivity contribution in [3.8, 4) is 11.1 Å². The second-order valence-corrected chi connectivity index (χ2v) is 24.4. The monoisotopic (exact) mass is 1060 g/mol.